The highest BCUT2D eigenvalue weighted by molar-refractivity contribution is 5.94. The fourth-order valence-electron chi connectivity index (χ4n) is 5.59. The molecule has 1 saturated heterocycles. The minimum absolute atomic E-state index is 0. The number of carbonyl (C=O) groups excluding carboxylic acids is 1. The first-order chi connectivity index (χ1) is 16.8. The van der Waals surface area contributed by atoms with Gasteiger partial charge in [-0.05, 0) is 81.1 Å². The summed E-state index contributed by atoms with van der Waals surface area (Å²) < 4.78 is 0. The van der Waals surface area contributed by atoms with Crippen molar-refractivity contribution in [3.05, 3.63) is 53.6 Å². The molecule has 37 heavy (non-hydrogen) atoms. The second kappa shape index (κ2) is 13.5. The number of hydrogen-bond acceptors (Lipinski definition) is 4. The quantitative estimate of drug-likeness (QED) is 0.509. The Bertz CT molecular complexity index is 1060. The molecule has 0 aliphatic carbocycles. The smallest absolute Gasteiger partial charge is 0.408 e. The van der Waals surface area contributed by atoms with E-state index in [1.807, 2.05) is 32.9 Å². The van der Waals surface area contributed by atoms with E-state index in [4.69, 9.17) is 0 Å². The predicted octanol–water partition coefficient (Wildman–Crippen LogP) is 5.57. The van der Waals surface area contributed by atoms with Crippen LogP contribution in [0.5, 0.6) is 0 Å². The maximum Gasteiger partial charge on any atom is 0.408 e. The number of carbonyl (C=O) groups is 2. The molecular weight excluding hydrogens is 511 g/mol. The van der Waals surface area contributed by atoms with Gasteiger partial charge in [0, 0.05) is 44.3 Å². The number of benzene rings is 2. The Morgan fingerprint density at radius 2 is 1.73 bits per heavy atom. The van der Waals surface area contributed by atoms with Gasteiger partial charge in [0.15, 0.2) is 0 Å². The zero-order chi connectivity index (χ0) is 25.1. The summed E-state index contributed by atoms with van der Waals surface area (Å²) in [5.74, 6) is -0.0237. The molecule has 0 radical (unpaired) electrons. The molecule has 0 aromatic heterocycles. The van der Waals surface area contributed by atoms with Crippen LogP contribution in [0.4, 0.5) is 10.5 Å². The summed E-state index contributed by atoms with van der Waals surface area (Å²) in [7, 11) is 0. The van der Waals surface area contributed by atoms with Gasteiger partial charge >= 0.3 is 6.09 Å². The molecule has 2 atom stereocenters. The highest BCUT2D eigenvalue weighted by Gasteiger charge is 2.38. The number of halogens is 2. The van der Waals surface area contributed by atoms with E-state index in [1.165, 1.54) is 16.9 Å². The van der Waals surface area contributed by atoms with Crippen molar-refractivity contribution in [2.75, 3.05) is 31.1 Å². The van der Waals surface area contributed by atoms with E-state index >= 15 is 0 Å². The van der Waals surface area contributed by atoms with E-state index in [2.05, 4.69) is 40.5 Å². The summed E-state index contributed by atoms with van der Waals surface area (Å²) in [6.45, 7) is 12.6. The number of amides is 2. The zero-order valence-corrected chi connectivity index (χ0v) is 23.8. The number of hydrogen-bond donors (Lipinski definition) is 2. The second-order valence-electron chi connectivity index (χ2n) is 10.1. The highest BCUT2D eigenvalue weighted by atomic mass is 35.5. The molecule has 2 heterocycles. The Labute approximate surface area is 233 Å². The zero-order valence-electron chi connectivity index (χ0n) is 22.1. The summed E-state index contributed by atoms with van der Waals surface area (Å²) >= 11 is 0. The Morgan fingerprint density at radius 1 is 1.05 bits per heavy atom. The van der Waals surface area contributed by atoms with Crippen LogP contribution in [0.1, 0.15) is 57.7 Å². The molecular formula is C28H40Cl2N4O3. The molecule has 2 aromatic rings. The van der Waals surface area contributed by atoms with Crippen LogP contribution >= 0.6 is 24.8 Å². The largest absolute Gasteiger partial charge is 0.465 e. The van der Waals surface area contributed by atoms with Crippen LogP contribution < -0.4 is 10.2 Å². The topological polar surface area (TPSA) is 76.1 Å². The van der Waals surface area contributed by atoms with Gasteiger partial charge in [-0.15, -0.1) is 24.8 Å². The summed E-state index contributed by atoms with van der Waals surface area (Å²) in [4.78, 5) is 30.5. The lowest BCUT2D eigenvalue weighted by Crippen LogP contribution is -2.48. The van der Waals surface area contributed by atoms with Gasteiger partial charge < -0.3 is 15.3 Å². The minimum Gasteiger partial charge on any atom is -0.465 e. The molecule has 0 bridgehead atoms. The summed E-state index contributed by atoms with van der Waals surface area (Å²) in [5, 5.41) is 13.4. The van der Waals surface area contributed by atoms with Gasteiger partial charge in [-0.25, -0.2) is 4.79 Å². The number of fused-ring (bicyclic) bond motifs is 1. The third-order valence-electron chi connectivity index (χ3n) is 7.23. The summed E-state index contributed by atoms with van der Waals surface area (Å²) in [6.07, 6.45) is 0.816. The molecule has 0 unspecified atom stereocenters. The van der Waals surface area contributed by atoms with Crippen LogP contribution in [0, 0.1) is 0 Å². The van der Waals surface area contributed by atoms with E-state index in [0.717, 1.165) is 55.1 Å². The SMILES string of the molecule is CC(=O)N1c2ccc(-c3ccc(CN4CCCNCC4)cc3)cc2[C@H](N(C(=O)O)C(C)C)C[C@@H]1C.Cl.Cl. The molecule has 2 aromatic carbocycles. The third-order valence-corrected chi connectivity index (χ3v) is 7.23. The first kappa shape index (κ1) is 30.9. The summed E-state index contributed by atoms with van der Waals surface area (Å²) in [6, 6.07) is 14.2. The average molecular weight is 552 g/mol. The van der Waals surface area contributed by atoms with E-state index < -0.39 is 6.09 Å². The van der Waals surface area contributed by atoms with Crippen molar-refractivity contribution in [1.82, 2.24) is 15.1 Å². The Morgan fingerprint density at radius 3 is 2.35 bits per heavy atom. The van der Waals surface area contributed by atoms with Gasteiger partial charge in [-0.1, -0.05) is 30.3 Å². The number of nitrogens with zero attached hydrogens (tertiary/aromatic N) is 3. The molecule has 204 valence electrons. The molecule has 4 rings (SSSR count). The van der Waals surface area contributed by atoms with Gasteiger partial charge in [0.25, 0.3) is 0 Å². The number of rotatable bonds is 5. The van der Waals surface area contributed by atoms with E-state index in [1.54, 1.807) is 11.8 Å². The summed E-state index contributed by atoms with van der Waals surface area (Å²) in [5.41, 5.74) is 5.12. The Kier molecular flexibility index (Phi) is 11.2. The van der Waals surface area contributed by atoms with Gasteiger partial charge in [-0.2, -0.15) is 0 Å². The number of carboxylic acid groups (broad SMARTS) is 1. The van der Waals surface area contributed by atoms with Crippen molar-refractivity contribution in [3.63, 3.8) is 0 Å². The molecule has 2 aliphatic heterocycles. The minimum atomic E-state index is -0.933. The molecule has 0 saturated carbocycles. The monoisotopic (exact) mass is 550 g/mol. The number of nitrogens with one attached hydrogen (secondary N) is 1. The average Bonchev–Trinajstić information content (AvgIpc) is 3.07. The Balaban J connectivity index is 0.00000241. The van der Waals surface area contributed by atoms with Crippen LogP contribution in [0.2, 0.25) is 0 Å². The normalized spacial score (nSPS) is 19.8. The van der Waals surface area contributed by atoms with Crippen molar-refractivity contribution < 1.29 is 14.7 Å². The van der Waals surface area contributed by atoms with Crippen LogP contribution in [-0.4, -0.2) is 65.2 Å². The van der Waals surface area contributed by atoms with Crippen molar-refractivity contribution in [2.24, 2.45) is 0 Å². The predicted molar refractivity (Wildman–Crippen MR) is 154 cm³/mol. The fraction of sp³-hybridized carbons (Fsp3) is 0.500. The number of anilines is 1. The van der Waals surface area contributed by atoms with E-state index in [0.29, 0.717) is 6.42 Å². The van der Waals surface area contributed by atoms with Crippen LogP contribution in [-0.2, 0) is 11.3 Å². The van der Waals surface area contributed by atoms with E-state index in [9.17, 15) is 14.7 Å². The third kappa shape index (κ3) is 6.96. The Hall–Kier alpha value is -2.32. The van der Waals surface area contributed by atoms with Crippen LogP contribution in [0.3, 0.4) is 0 Å². The second-order valence-corrected chi connectivity index (χ2v) is 10.1. The fourth-order valence-corrected chi connectivity index (χ4v) is 5.59. The maximum absolute atomic E-state index is 12.5. The van der Waals surface area contributed by atoms with Gasteiger partial charge in [-0.3, -0.25) is 14.6 Å². The molecule has 2 aliphatic rings. The van der Waals surface area contributed by atoms with Gasteiger partial charge in [0.1, 0.15) is 0 Å². The molecule has 9 heteroatoms. The van der Waals surface area contributed by atoms with E-state index in [-0.39, 0.29) is 48.8 Å². The van der Waals surface area contributed by atoms with Crippen molar-refractivity contribution in [1.29, 1.82) is 0 Å². The first-order valence-electron chi connectivity index (χ1n) is 12.7. The van der Waals surface area contributed by atoms with Crippen molar-refractivity contribution in [2.45, 2.75) is 65.2 Å². The highest BCUT2D eigenvalue weighted by Crippen LogP contribution is 2.43. The van der Waals surface area contributed by atoms with Crippen LogP contribution in [0.25, 0.3) is 11.1 Å². The first-order valence-corrected chi connectivity index (χ1v) is 12.7. The standard InChI is InChI=1S/C28H38N4O3.2ClH/c1-19(2)31(28(34)35)27-16-20(3)32(21(4)33)26-11-10-24(17-25(26)27)23-8-6-22(7-9-23)18-30-14-5-12-29-13-15-30;;/h6-11,17,19-20,27,29H,5,12-16,18H2,1-4H3,(H,34,35);2*1H/t20-,27+;;/m0../s1. The maximum atomic E-state index is 12.5. The van der Waals surface area contributed by atoms with Gasteiger partial charge in [0.05, 0.1) is 6.04 Å². The van der Waals surface area contributed by atoms with Crippen LogP contribution in [0.15, 0.2) is 42.5 Å². The molecule has 7 nitrogen and oxygen atoms in total. The molecule has 0 spiro atoms. The molecule has 2 amide bonds. The lowest BCUT2D eigenvalue weighted by atomic mass is 9.87. The lowest BCUT2D eigenvalue weighted by molar-refractivity contribution is -0.117. The van der Waals surface area contributed by atoms with Crippen molar-refractivity contribution >= 4 is 42.5 Å². The molecule has 2 N–H and O–H groups in total. The van der Waals surface area contributed by atoms with Crippen molar-refractivity contribution in [3.8, 4) is 11.1 Å². The molecule has 1 fully saturated rings. The van der Waals surface area contributed by atoms with Gasteiger partial charge in [0.2, 0.25) is 5.91 Å². The lowest BCUT2D eigenvalue weighted by Gasteiger charge is -2.43.